The Morgan fingerprint density at radius 1 is 1.16 bits per heavy atom. The SMILES string of the molecule is O=[N+]([O-])c1ccc(S(=O)(=O)N2CC[NH+](Cc3cccnc3)CC2)cc1. The number of quaternary nitrogens is 1. The molecule has 0 atom stereocenters. The third-order valence-electron chi connectivity index (χ3n) is 4.29. The summed E-state index contributed by atoms with van der Waals surface area (Å²) < 4.78 is 26.8. The zero-order chi connectivity index (χ0) is 17.9. The van der Waals surface area contributed by atoms with E-state index in [1.165, 1.54) is 33.5 Å². The van der Waals surface area contributed by atoms with Crippen molar-refractivity contribution in [2.24, 2.45) is 0 Å². The quantitative estimate of drug-likeness (QED) is 0.599. The van der Waals surface area contributed by atoms with Gasteiger partial charge in [0, 0.05) is 30.1 Å². The molecule has 0 amide bonds. The molecular weight excluding hydrogens is 344 g/mol. The molecule has 0 radical (unpaired) electrons. The van der Waals surface area contributed by atoms with E-state index in [4.69, 9.17) is 0 Å². The van der Waals surface area contributed by atoms with Gasteiger partial charge in [0.2, 0.25) is 10.0 Å². The van der Waals surface area contributed by atoms with Gasteiger partial charge in [0.25, 0.3) is 5.69 Å². The van der Waals surface area contributed by atoms with E-state index < -0.39 is 14.9 Å². The lowest BCUT2D eigenvalue weighted by molar-refractivity contribution is -0.917. The van der Waals surface area contributed by atoms with Gasteiger partial charge in [0.05, 0.1) is 36.0 Å². The third-order valence-corrected chi connectivity index (χ3v) is 6.20. The summed E-state index contributed by atoms with van der Waals surface area (Å²) in [5.41, 5.74) is 1.01. The molecule has 3 rings (SSSR count). The van der Waals surface area contributed by atoms with Gasteiger partial charge in [-0.1, -0.05) is 6.07 Å². The van der Waals surface area contributed by atoms with Crippen LogP contribution < -0.4 is 4.90 Å². The number of nitrogens with one attached hydrogen (secondary N) is 1. The molecule has 9 heteroatoms. The van der Waals surface area contributed by atoms with Crippen LogP contribution in [-0.4, -0.2) is 48.8 Å². The second-order valence-electron chi connectivity index (χ2n) is 5.94. The summed E-state index contributed by atoms with van der Waals surface area (Å²) in [6, 6.07) is 8.93. The van der Waals surface area contributed by atoms with Crippen LogP contribution in [0, 0.1) is 10.1 Å². The third kappa shape index (κ3) is 4.01. The smallest absolute Gasteiger partial charge is 0.269 e. The van der Waals surface area contributed by atoms with Crippen molar-refractivity contribution >= 4 is 15.7 Å². The van der Waals surface area contributed by atoms with Crippen molar-refractivity contribution in [2.75, 3.05) is 26.2 Å². The molecule has 1 aliphatic rings. The normalized spacial score (nSPS) is 16.6. The van der Waals surface area contributed by atoms with Gasteiger partial charge in [-0.25, -0.2) is 8.42 Å². The molecule has 0 bridgehead atoms. The fraction of sp³-hybridized carbons (Fsp3) is 0.312. The van der Waals surface area contributed by atoms with Crippen LogP contribution in [0.2, 0.25) is 0 Å². The Morgan fingerprint density at radius 3 is 2.40 bits per heavy atom. The van der Waals surface area contributed by atoms with Crippen LogP contribution in [0.1, 0.15) is 5.56 Å². The Balaban J connectivity index is 1.64. The average molecular weight is 363 g/mol. The maximum absolute atomic E-state index is 12.7. The lowest BCUT2D eigenvalue weighted by Crippen LogP contribution is -3.13. The number of nitro groups is 1. The van der Waals surface area contributed by atoms with Crippen LogP contribution in [0.4, 0.5) is 5.69 Å². The predicted octanol–water partition coefficient (Wildman–Crippen LogP) is 0.0792. The standard InChI is InChI=1S/C16H18N4O4S/c21-20(22)15-3-5-16(6-4-15)25(23,24)19-10-8-18(9-11-19)13-14-2-1-7-17-12-14/h1-7,12H,8-11,13H2/p+1. The Kier molecular flexibility index (Phi) is 5.07. The molecule has 1 aliphatic heterocycles. The Morgan fingerprint density at radius 2 is 1.84 bits per heavy atom. The van der Waals surface area contributed by atoms with E-state index >= 15 is 0 Å². The Bertz CT molecular complexity index is 832. The second-order valence-corrected chi connectivity index (χ2v) is 7.88. The first kappa shape index (κ1) is 17.5. The first-order chi connectivity index (χ1) is 12.0. The number of benzene rings is 1. The lowest BCUT2D eigenvalue weighted by Gasteiger charge is -2.31. The first-order valence-corrected chi connectivity index (χ1v) is 9.38. The van der Waals surface area contributed by atoms with Gasteiger partial charge in [-0.15, -0.1) is 0 Å². The number of nitro benzene ring substituents is 1. The number of piperazine rings is 1. The highest BCUT2D eigenvalue weighted by Crippen LogP contribution is 2.19. The summed E-state index contributed by atoms with van der Waals surface area (Å²) in [4.78, 5) is 15.6. The van der Waals surface area contributed by atoms with Gasteiger partial charge in [-0.05, 0) is 18.2 Å². The van der Waals surface area contributed by atoms with Crippen molar-refractivity contribution in [1.82, 2.24) is 9.29 Å². The molecule has 1 aromatic carbocycles. The zero-order valence-corrected chi connectivity index (χ0v) is 14.4. The molecule has 1 aromatic heterocycles. The number of hydrogen-bond donors (Lipinski definition) is 1. The molecule has 25 heavy (non-hydrogen) atoms. The van der Waals surface area contributed by atoms with Gasteiger partial charge in [-0.3, -0.25) is 15.1 Å². The molecule has 2 heterocycles. The molecule has 132 valence electrons. The second kappa shape index (κ2) is 7.26. The molecule has 2 aromatic rings. The minimum atomic E-state index is -3.62. The first-order valence-electron chi connectivity index (χ1n) is 7.94. The van der Waals surface area contributed by atoms with Crippen LogP contribution in [0.25, 0.3) is 0 Å². The van der Waals surface area contributed by atoms with E-state index in [-0.39, 0.29) is 10.6 Å². The zero-order valence-electron chi connectivity index (χ0n) is 13.5. The number of sulfonamides is 1. The van der Waals surface area contributed by atoms with E-state index in [0.29, 0.717) is 26.2 Å². The van der Waals surface area contributed by atoms with Crippen LogP contribution in [0.15, 0.2) is 53.7 Å². The Hall–Kier alpha value is -2.36. The van der Waals surface area contributed by atoms with Crippen LogP contribution in [0.3, 0.4) is 0 Å². The minimum absolute atomic E-state index is 0.0915. The maximum Gasteiger partial charge on any atom is 0.269 e. The van der Waals surface area contributed by atoms with Gasteiger partial charge >= 0.3 is 0 Å². The highest BCUT2D eigenvalue weighted by molar-refractivity contribution is 7.89. The largest absolute Gasteiger partial charge is 0.329 e. The topological polar surface area (TPSA) is 97.8 Å². The number of hydrogen-bond acceptors (Lipinski definition) is 5. The summed E-state index contributed by atoms with van der Waals surface area (Å²) in [6.07, 6.45) is 3.56. The van der Waals surface area contributed by atoms with Crippen molar-refractivity contribution < 1.29 is 18.2 Å². The van der Waals surface area contributed by atoms with Gasteiger partial charge < -0.3 is 4.90 Å². The predicted molar refractivity (Wildman–Crippen MR) is 90.5 cm³/mol. The van der Waals surface area contributed by atoms with E-state index in [9.17, 15) is 18.5 Å². The molecule has 1 N–H and O–H groups in total. The van der Waals surface area contributed by atoms with Gasteiger partial charge in [0.1, 0.15) is 6.54 Å². The van der Waals surface area contributed by atoms with Crippen molar-refractivity contribution in [3.8, 4) is 0 Å². The maximum atomic E-state index is 12.7. The molecule has 1 fully saturated rings. The van der Waals surface area contributed by atoms with E-state index in [1.54, 1.807) is 6.20 Å². The lowest BCUT2D eigenvalue weighted by atomic mass is 10.2. The monoisotopic (exact) mass is 363 g/mol. The summed E-state index contributed by atoms with van der Waals surface area (Å²) in [6.45, 7) is 3.09. The number of rotatable bonds is 5. The van der Waals surface area contributed by atoms with Crippen molar-refractivity contribution in [2.45, 2.75) is 11.4 Å². The molecule has 0 aliphatic carbocycles. The van der Waals surface area contributed by atoms with Crippen LogP contribution >= 0.6 is 0 Å². The van der Waals surface area contributed by atoms with Crippen molar-refractivity contribution in [1.29, 1.82) is 0 Å². The Labute approximate surface area is 145 Å². The summed E-state index contributed by atoms with van der Waals surface area (Å²) in [5, 5.41) is 10.7. The average Bonchev–Trinajstić information content (AvgIpc) is 2.63. The molecular formula is C16H19N4O4S+. The van der Waals surface area contributed by atoms with Gasteiger partial charge in [-0.2, -0.15) is 4.31 Å². The highest BCUT2D eigenvalue weighted by Gasteiger charge is 2.30. The summed E-state index contributed by atoms with van der Waals surface area (Å²) >= 11 is 0. The van der Waals surface area contributed by atoms with Gasteiger partial charge in [0.15, 0.2) is 0 Å². The fourth-order valence-corrected chi connectivity index (χ4v) is 4.34. The van der Waals surface area contributed by atoms with Crippen LogP contribution in [0.5, 0.6) is 0 Å². The number of aromatic nitrogens is 1. The van der Waals surface area contributed by atoms with E-state index in [2.05, 4.69) is 4.98 Å². The molecule has 0 spiro atoms. The highest BCUT2D eigenvalue weighted by atomic mass is 32.2. The minimum Gasteiger partial charge on any atom is -0.329 e. The fourth-order valence-electron chi connectivity index (χ4n) is 2.90. The van der Waals surface area contributed by atoms with Crippen LogP contribution in [-0.2, 0) is 16.6 Å². The van der Waals surface area contributed by atoms with Crippen molar-refractivity contribution in [3.05, 3.63) is 64.5 Å². The number of pyridine rings is 1. The molecule has 0 saturated carbocycles. The van der Waals surface area contributed by atoms with E-state index in [0.717, 1.165) is 12.1 Å². The molecule has 8 nitrogen and oxygen atoms in total. The number of nitrogens with zero attached hydrogens (tertiary/aromatic N) is 3. The summed E-state index contributed by atoms with van der Waals surface area (Å²) in [7, 11) is -3.62. The molecule has 0 unspecified atom stereocenters. The summed E-state index contributed by atoms with van der Waals surface area (Å²) in [5.74, 6) is 0. The molecule has 1 saturated heterocycles. The van der Waals surface area contributed by atoms with E-state index in [1.807, 2.05) is 18.3 Å². The number of non-ortho nitro benzene ring substituents is 1. The van der Waals surface area contributed by atoms with Crippen molar-refractivity contribution in [3.63, 3.8) is 0 Å².